The van der Waals surface area contributed by atoms with E-state index in [0.29, 0.717) is 11.8 Å². The van der Waals surface area contributed by atoms with Gasteiger partial charge in [-0.05, 0) is 27.6 Å². The van der Waals surface area contributed by atoms with Crippen LogP contribution in [0.25, 0.3) is 5.57 Å². The van der Waals surface area contributed by atoms with E-state index in [-0.39, 0.29) is 0 Å². The highest BCUT2D eigenvalue weighted by Crippen LogP contribution is 2.26. The predicted octanol–water partition coefficient (Wildman–Crippen LogP) is 3.10. The average molecular weight is 263 g/mol. The Morgan fingerprint density at radius 2 is 2.46 bits per heavy atom. The molecule has 1 aromatic rings. The summed E-state index contributed by atoms with van der Waals surface area (Å²) >= 11 is 8.99. The molecule has 0 aliphatic carbocycles. The molecule has 0 fully saturated rings. The van der Waals surface area contributed by atoms with Gasteiger partial charge >= 0.3 is 0 Å². The second-order valence-electron chi connectivity index (χ2n) is 2.45. The first-order valence-electron chi connectivity index (χ1n) is 3.62. The summed E-state index contributed by atoms with van der Waals surface area (Å²) in [4.78, 5) is 4.08. The number of hydrogen-bond acceptors (Lipinski definition) is 2. The highest BCUT2D eigenvalue weighted by Gasteiger charge is 2.07. The molecule has 0 atom stereocenters. The molecular formula is C9H9BrClNO. The van der Waals surface area contributed by atoms with Gasteiger partial charge in [0.2, 0.25) is 5.88 Å². The molecule has 0 unspecified atom stereocenters. The summed E-state index contributed by atoms with van der Waals surface area (Å²) in [6.07, 6.45) is 1.67. The van der Waals surface area contributed by atoms with Crippen LogP contribution in [-0.4, -0.2) is 18.0 Å². The molecule has 1 heterocycles. The van der Waals surface area contributed by atoms with Gasteiger partial charge in [-0.25, -0.2) is 4.98 Å². The lowest BCUT2D eigenvalue weighted by Crippen LogP contribution is -1.94. The Balaban J connectivity index is 3.15. The molecule has 0 aliphatic rings. The number of ether oxygens (including phenoxy) is 1. The van der Waals surface area contributed by atoms with Crippen LogP contribution in [-0.2, 0) is 0 Å². The van der Waals surface area contributed by atoms with Gasteiger partial charge in [0.15, 0.2) is 0 Å². The van der Waals surface area contributed by atoms with E-state index >= 15 is 0 Å². The van der Waals surface area contributed by atoms with Crippen LogP contribution in [0.1, 0.15) is 5.56 Å². The van der Waals surface area contributed by atoms with Crippen LogP contribution in [0.5, 0.6) is 5.88 Å². The molecule has 2 nitrogen and oxygen atoms in total. The summed E-state index contributed by atoms with van der Waals surface area (Å²) in [6, 6.07) is 1.89. The highest BCUT2D eigenvalue weighted by atomic mass is 79.9. The minimum absolute atomic E-state index is 0.370. The maximum absolute atomic E-state index is 5.67. The molecule has 1 aromatic heterocycles. The van der Waals surface area contributed by atoms with E-state index in [1.54, 1.807) is 13.3 Å². The lowest BCUT2D eigenvalue weighted by molar-refractivity contribution is 0.396. The zero-order chi connectivity index (χ0) is 9.84. The van der Waals surface area contributed by atoms with Gasteiger partial charge in [0.1, 0.15) is 0 Å². The number of nitrogens with zero attached hydrogens (tertiary/aromatic N) is 1. The normalized spacial score (nSPS) is 9.77. The third-order valence-electron chi connectivity index (χ3n) is 1.55. The SMILES string of the molecule is C=C(CCl)c1cc(Br)cnc1OC. The van der Waals surface area contributed by atoms with Crippen molar-refractivity contribution in [3.63, 3.8) is 0 Å². The van der Waals surface area contributed by atoms with Crippen molar-refractivity contribution in [1.82, 2.24) is 4.98 Å². The Hall–Kier alpha value is -0.540. The number of allylic oxidation sites excluding steroid dienone is 1. The van der Waals surface area contributed by atoms with Crippen molar-refractivity contribution in [3.8, 4) is 5.88 Å². The third-order valence-corrected chi connectivity index (χ3v) is 2.31. The summed E-state index contributed by atoms with van der Waals surface area (Å²) in [5.41, 5.74) is 1.64. The Kier molecular flexibility index (Phi) is 3.75. The number of rotatable bonds is 3. The minimum atomic E-state index is 0.370. The number of aromatic nitrogens is 1. The number of pyridine rings is 1. The van der Waals surface area contributed by atoms with Crippen LogP contribution >= 0.6 is 27.5 Å². The predicted molar refractivity (Wildman–Crippen MR) is 58.2 cm³/mol. The lowest BCUT2D eigenvalue weighted by Gasteiger charge is -2.07. The summed E-state index contributed by atoms with van der Waals surface area (Å²) in [5, 5.41) is 0. The molecular weight excluding hydrogens is 253 g/mol. The van der Waals surface area contributed by atoms with Crippen molar-refractivity contribution in [2.75, 3.05) is 13.0 Å². The maximum Gasteiger partial charge on any atom is 0.220 e. The molecule has 0 bridgehead atoms. The van der Waals surface area contributed by atoms with E-state index in [9.17, 15) is 0 Å². The number of halogens is 2. The molecule has 0 amide bonds. The van der Waals surface area contributed by atoms with Gasteiger partial charge in [-0.1, -0.05) is 6.58 Å². The van der Waals surface area contributed by atoms with Crippen molar-refractivity contribution in [2.24, 2.45) is 0 Å². The Morgan fingerprint density at radius 1 is 1.77 bits per heavy atom. The van der Waals surface area contributed by atoms with Crippen LogP contribution in [0.2, 0.25) is 0 Å². The number of methoxy groups -OCH3 is 1. The smallest absolute Gasteiger partial charge is 0.220 e. The minimum Gasteiger partial charge on any atom is -0.481 e. The van der Waals surface area contributed by atoms with Gasteiger partial charge in [-0.3, -0.25) is 0 Å². The highest BCUT2D eigenvalue weighted by molar-refractivity contribution is 9.10. The van der Waals surface area contributed by atoms with E-state index in [0.717, 1.165) is 15.6 Å². The van der Waals surface area contributed by atoms with E-state index in [2.05, 4.69) is 27.5 Å². The van der Waals surface area contributed by atoms with Crippen molar-refractivity contribution in [1.29, 1.82) is 0 Å². The fourth-order valence-corrected chi connectivity index (χ4v) is 1.39. The standard InChI is InChI=1S/C9H9BrClNO/c1-6(4-11)8-3-7(10)5-12-9(8)13-2/h3,5H,1,4H2,2H3. The molecule has 0 N–H and O–H groups in total. The largest absolute Gasteiger partial charge is 0.481 e. The van der Waals surface area contributed by atoms with E-state index < -0.39 is 0 Å². The molecule has 0 radical (unpaired) electrons. The summed E-state index contributed by atoms with van der Waals surface area (Å²) in [5.74, 6) is 0.919. The number of hydrogen-bond donors (Lipinski definition) is 0. The van der Waals surface area contributed by atoms with E-state index in [4.69, 9.17) is 16.3 Å². The molecule has 0 spiro atoms. The fourth-order valence-electron chi connectivity index (χ4n) is 0.915. The first-order valence-corrected chi connectivity index (χ1v) is 4.95. The fraction of sp³-hybridized carbons (Fsp3) is 0.222. The molecule has 70 valence electrons. The topological polar surface area (TPSA) is 22.1 Å². The average Bonchev–Trinajstić information content (AvgIpc) is 2.16. The monoisotopic (exact) mass is 261 g/mol. The Bertz CT molecular complexity index is 327. The molecule has 0 saturated heterocycles. The van der Waals surface area contributed by atoms with E-state index in [1.165, 1.54) is 0 Å². The van der Waals surface area contributed by atoms with Gasteiger partial charge < -0.3 is 4.74 Å². The van der Waals surface area contributed by atoms with Crippen molar-refractivity contribution in [3.05, 3.63) is 28.9 Å². The van der Waals surface area contributed by atoms with Crippen LogP contribution in [0.3, 0.4) is 0 Å². The van der Waals surface area contributed by atoms with Gasteiger partial charge in [0.05, 0.1) is 7.11 Å². The zero-order valence-corrected chi connectivity index (χ0v) is 9.52. The van der Waals surface area contributed by atoms with Crippen LogP contribution in [0.4, 0.5) is 0 Å². The molecule has 0 aromatic carbocycles. The molecule has 1 rings (SSSR count). The summed E-state index contributed by atoms with van der Waals surface area (Å²) in [6.45, 7) is 3.82. The molecule has 4 heteroatoms. The molecule has 0 saturated carbocycles. The molecule has 0 aliphatic heterocycles. The van der Waals surface area contributed by atoms with Gasteiger partial charge in [0.25, 0.3) is 0 Å². The van der Waals surface area contributed by atoms with Gasteiger partial charge in [-0.2, -0.15) is 0 Å². The maximum atomic E-state index is 5.67. The lowest BCUT2D eigenvalue weighted by atomic mass is 10.1. The van der Waals surface area contributed by atoms with Gasteiger partial charge in [0, 0.05) is 22.1 Å². The van der Waals surface area contributed by atoms with Crippen LogP contribution < -0.4 is 4.74 Å². The van der Waals surface area contributed by atoms with Crippen molar-refractivity contribution in [2.45, 2.75) is 0 Å². The summed E-state index contributed by atoms with van der Waals surface area (Å²) in [7, 11) is 1.57. The van der Waals surface area contributed by atoms with Crippen molar-refractivity contribution >= 4 is 33.1 Å². The first-order chi connectivity index (χ1) is 6.19. The summed E-state index contributed by atoms with van der Waals surface area (Å²) < 4.78 is 5.96. The quantitative estimate of drug-likeness (QED) is 0.781. The first kappa shape index (κ1) is 10.5. The Morgan fingerprint density at radius 3 is 3.00 bits per heavy atom. The Labute approximate surface area is 90.7 Å². The second kappa shape index (κ2) is 4.63. The van der Waals surface area contributed by atoms with Crippen LogP contribution in [0.15, 0.2) is 23.3 Å². The van der Waals surface area contributed by atoms with Crippen LogP contribution in [0, 0.1) is 0 Å². The second-order valence-corrected chi connectivity index (χ2v) is 3.63. The number of alkyl halides is 1. The van der Waals surface area contributed by atoms with Crippen molar-refractivity contribution < 1.29 is 4.74 Å². The zero-order valence-electron chi connectivity index (χ0n) is 7.18. The third kappa shape index (κ3) is 2.45. The van der Waals surface area contributed by atoms with E-state index in [1.807, 2.05) is 6.07 Å². The molecule has 13 heavy (non-hydrogen) atoms. The van der Waals surface area contributed by atoms with Gasteiger partial charge in [-0.15, -0.1) is 11.6 Å².